The maximum atomic E-state index is 5.94. The van der Waals surface area contributed by atoms with Gasteiger partial charge in [0.15, 0.2) is 0 Å². The molecule has 0 amide bonds. The molecule has 1 aromatic rings. The van der Waals surface area contributed by atoms with Gasteiger partial charge in [0.2, 0.25) is 5.28 Å². The maximum Gasteiger partial charge on any atom is 0.224 e. The van der Waals surface area contributed by atoms with Crippen LogP contribution in [-0.2, 0) is 0 Å². The highest BCUT2D eigenvalue weighted by Gasteiger charge is 2.03. The summed E-state index contributed by atoms with van der Waals surface area (Å²) in [5.74, 6) is 0.603. The number of nitrogens with zero attached hydrogens (tertiary/aromatic N) is 3. The summed E-state index contributed by atoms with van der Waals surface area (Å²) in [7, 11) is 0. The predicted octanol–water partition coefficient (Wildman–Crippen LogP) is 2.93. The fraction of sp³-hybridized carbons (Fsp3) is 0.636. The van der Waals surface area contributed by atoms with Crippen LogP contribution in [0, 0.1) is 0 Å². The van der Waals surface area contributed by atoms with Crippen LogP contribution in [0.4, 0.5) is 5.82 Å². The van der Waals surface area contributed by atoms with Crippen molar-refractivity contribution in [2.75, 3.05) is 31.5 Å². The van der Waals surface area contributed by atoms with Gasteiger partial charge >= 0.3 is 0 Å². The first-order valence-electron chi connectivity index (χ1n) is 5.81. The van der Waals surface area contributed by atoms with E-state index in [1.165, 1.54) is 6.20 Å². The minimum atomic E-state index is 0.209. The van der Waals surface area contributed by atoms with Crippen LogP contribution in [0.15, 0.2) is 6.20 Å². The van der Waals surface area contributed by atoms with Gasteiger partial charge in [0.1, 0.15) is 10.8 Å². The third-order valence-corrected chi connectivity index (χ3v) is 3.01. The summed E-state index contributed by atoms with van der Waals surface area (Å²) < 4.78 is 0. The Morgan fingerprint density at radius 2 is 2.00 bits per heavy atom. The van der Waals surface area contributed by atoms with E-state index in [1.807, 2.05) is 0 Å². The molecule has 1 aromatic heterocycles. The van der Waals surface area contributed by atoms with Crippen LogP contribution < -0.4 is 5.32 Å². The zero-order chi connectivity index (χ0) is 12.7. The van der Waals surface area contributed by atoms with Gasteiger partial charge < -0.3 is 10.2 Å². The van der Waals surface area contributed by atoms with Gasteiger partial charge in [-0.2, -0.15) is 4.98 Å². The van der Waals surface area contributed by atoms with Crippen LogP contribution in [0.3, 0.4) is 0 Å². The van der Waals surface area contributed by atoms with E-state index in [-0.39, 0.29) is 5.28 Å². The molecule has 0 aromatic carbocycles. The molecule has 0 bridgehead atoms. The molecule has 0 aliphatic rings. The van der Waals surface area contributed by atoms with Crippen LogP contribution in [0.5, 0.6) is 0 Å². The minimum absolute atomic E-state index is 0.209. The van der Waals surface area contributed by atoms with Crippen molar-refractivity contribution < 1.29 is 0 Å². The fourth-order valence-electron chi connectivity index (χ4n) is 1.52. The first kappa shape index (κ1) is 14.5. The summed E-state index contributed by atoms with van der Waals surface area (Å²) in [6.45, 7) is 8.38. The van der Waals surface area contributed by atoms with Gasteiger partial charge in [-0.25, -0.2) is 4.98 Å². The molecule has 96 valence electrons. The summed E-state index contributed by atoms with van der Waals surface area (Å²) in [4.78, 5) is 10.2. The maximum absolute atomic E-state index is 5.94. The van der Waals surface area contributed by atoms with Crippen LogP contribution in [0.25, 0.3) is 0 Å². The number of rotatable bonds is 7. The first-order chi connectivity index (χ1) is 8.17. The molecule has 0 fully saturated rings. The number of halogens is 2. The van der Waals surface area contributed by atoms with Crippen LogP contribution >= 0.6 is 23.2 Å². The molecule has 17 heavy (non-hydrogen) atoms. The molecule has 0 aliphatic carbocycles. The molecule has 6 heteroatoms. The Kier molecular flexibility index (Phi) is 6.55. The second kappa shape index (κ2) is 7.69. The standard InChI is InChI=1S/C11H18Cl2N4/c1-3-17(4-2)7-5-6-14-10-9(12)8-15-11(13)16-10/h8H,3-7H2,1-2H3,(H,14,15,16). The summed E-state index contributed by atoms with van der Waals surface area (Å²) in [6, 6.07) is 0. The Bertz CT molecular complexity index is 342. The van der Waals surface area contributed by atoms with Crippen LogP contribution in [0.2, 0.25) is 10.3 Å². The number of hydrogen-bond donors (Lipinski definition) is 1. The molecule has 0 aliphatic heterocycles. The molecule has 1 heterocycles. The van der Waals surface area contributed by atoms with Crippen molar-refractivity contribution in [1.82, 2.24) is 14.9 Å². The van der Waals surface area contributed by atoms with Crippen molar-refractivity contribution in [3.05, 3.63) is 16.5 Å². The number of anilines is 1. The number of nitrogens with one attached hydrogen (secondary N) is 1. The molecular formula is C11H18Cl2N4. The van der Waals surface area contributed by atoms with E-state index in [2.05, 4.69) is 34.0 Å². The SMILES string of the molecule is CCN(CC)CCCNc1nc(Cl)ncc1Cl. The van der Waals surface area contributed by atoms with Crippen molar-refractivity contribution in [1.29, 1.82) is 0 Å². The second-order valence-corrected chi connectivity index (χ2v) is 4.39. The molecule has 0 saturated heterocycles. The molecule has 0 atom stereocenters. The average molecular weight is 277 g/mol. The Morgan fingerprint density at radius 3 is 2.65 bits per heavy atom. The monoisotopic (exact) mass is 276 g/mol. The van der Waals surface area contributed by atoms with E-state index in [0.717, 1.165) is 32.6 Å². The smallest absolute Gasteiger partial charge is 0.224 e. The topological polar surface area (TPSA) is 41.0 Å². The Morgan fingerprint density at radius 1 is 1.29 bits per heavy atom. The summed E-state index contributed by atoms with van der Waals surface area (Å²) >= 11 is 11.6. The lowest BCUT2D eigenvalue weighted by Gasteiger charge is -2.17. The van der Waals surface area contributed by atoms with Gasteiger partial charge in [-0.3, -0.25) is 0 Å². The molecule has 0 saturated carbocycles. The van der Waals surface area contributed by atoms with Crippen molar-refractivity contribution in [3.63, 3.8) is 0 Å². The Labute approximate surface area is 112 Å². The van der Waals surface area contributed by atoms with E-state index in [1.54, 1.807) is 0 Å². The molecule has 4 nitrogen and oxygen atoms in total. The van der Waals surface area contributed by atoms with E-state index >= 15 is 0 Å². The Hall–Kier alpha value is -0.580. The van der Waals surface area contributed by atoms with Crippen LogP contribution in [0.1, 0.15) is 20.3 Å². The highest BCUT2D eigenvalue weighted by atomic mass is 35.5. The lowest BCUT2D eigenvalue weighted by atomic mass is 10.3. The third-order valence-electron chi connectivity index (χ3n) is 2.55. The summed E-state index contributed by atoms with van der Waals surface area (Å²) in [5.41, 5.74) is 0. The van der Waals surface area contributed by atoms with E-state index in [4.69, 9.17) is 23.2 Å². The van der Waals surface area contributed by atoms with Gasteiger partial charge in [0, 0.05) is 6.54 Å². The minimum Gasteiger partial charge on any atom is -0.369 e. The van der Waals surface area contributed by atoms with Crippen molar-refractivity contribution >= 4 is 29.0 Å². The van der Waals surface area contributed by atoms with Gasteiger partial charge in [-0.15, -0.1) is 0 Å². The van der Waals surface area contributed by atoms with Gasteiger partial charge in [0.25, 0.3) is 0 Å². The van der Waals surface area contributed by atoms with Gasteiger partial charge in [0.05, 0.1) is 6.20 Å². The van der Waals surface area contributed by atoms with E-state index in [0.29, 0.717) is 10.8 Å². The highest BCUT2D eigenvalue weighted by Crippen LogP contribution is 2.18. The van der Waals surface area contributed by atoms with E-state index < -0.39 is 0 Å². The van der Waals surface area contributed by atoms with Gasteiger partial charge in [-0.05, 0) is 37.7 Å². The van der Waals surface area contributed by atoms with Crippen molar-refractivity contribution in [2.24, 2.45) is 0 Å². The number of aromatic nitrogens is 2. The van der Waals surface area contributed by atoms with Crippen molar-refractivity contribution in [3.8, 4) is 0 Å². The normalized spacial score (nSPS) is 10.9. The first-order valence-corrected chi connectivity index (χ1v) is 6.57. The largest absolute Gasteiger partial charge is 0.369 e. The second-order valence-electron chi connectivity index (χ2n) is 3.64. The lowest BCUT2D eigenvalue weighted by Crippen LogP contribution is -2.25. The zero-order valence-corrected chi connectivity index (χ0v) is 11.7. The fourth-order valence-corrected chi connectivity index (χ4v) is 1.81. The Balaban J connectivity index is 2.33. The molecule has 1 N–H and O–H groups in total. The number of hydrogen-bond acceptors (Lipinski definition) is 4. The summed E-state index contributed by atoms with van der Waals surface area (Å²) in [6.07, 6.45) is 2.54. The quantitative estimate of drug-likeness (QED) is 0.614. The highest BCUT2D eigenvalue weighted by molar-refractivity contribution is 6.33. The molecule has 0 spiro atoms. The predicted molar refractivity (Wildman–Crippen MR) is 72.9 cm³/mol. The van der Waals surface area contributed by atoms with Crippen LogP contribution in [-0.4, -0.2) is 41.0 Å². The van der Waals surface area contributed by atoms with Crippen molar-refractivity contribution in [2.45, 2.75) is 20.3 Å². The molecule has 1 rings (SSSR count). The van der Waals surface area contributed by atoms with E-state index in [9.17, 15) is 0 Å². The lowest BCUT2D eigenvalue weighted by molar-refractivity contribution is 0.303. The summed E-state index contributed by atoms with van der Waals surface area (Å²) in [5, 5.41) is 3.87. The average Bonchev–Trinajstić information content (AvgIpc) is 2.33. The third kappa shape index (κ3) is 5.06. The molecule has 0 radical (unpaired) electrons. The van der Waals surface area contributed by atoms with Gasteiger partial charge in [-0.1, -0.05) is 25.4 Å². The molecular weight excluding hydrogens is 259 g/mol. The zero-order valence-electron chi connectivity index (χ0n) is 10.2. The molecule has 0 unspecified atom stereocenters.